The van der Waals surface area contributed by atoms with Crippen LogP contribution >= 0.6 is 11.3 Å². The SMILES string of the molecule is CC(CCCOc1ccc2sc(=O)oc2c1)Oc1cccc2ccc(N)nc12. The number of fused-ring (bicyclic) bond motifs is 2. The Kier molecular flexibility index (Phi) is 5.16. The number of rotatable bonds is 7. The molecule has 0 aliphatic carbocycles. The van der Waals surface area contributed by atoms with Crippen LogP contribution in [0.15, 0.2) is 57.7 Å². The largest absolute Gasteiger partial charge is 0.493 e. The van der Waals surface area contributed by atoms with Crippen LogP contribution in [0.1, 0.15) is 19.8 Å². The molecule has 28 heavy (non-hydrogen) atoms. The third-order valence-corrected chi connectivity index (χ3v) is 5.17. The quantitative estimate of drug-likeness (QED) is 0.459. The number of anilines is 1. The van der Waals surface area contributed by atoms with Crippen LogP contribution < -0.4 is 20.1 Å². The number of nitrogens with two attached hydrogens (primary N) is 1. The first-order valence-electron chi connectivity index (χ1n) is 9.07. The van der Waals surface area contributed by atoms with E-state index in [9.17, 15) is 4.79 Å². The minimum Gasteiger partial charge on any atom is -0.493 e. The summed E-state index contributed by atoms with van der Waals surface area (Å²) < 4.78 is 17.8. The van der Waals surface area contributed by atoms with Crippen LogP contribution in [0.25, 0.3) is 21.2 Å². The molecule has 0 amide bonds. The van der Waals surface area contributed by atoms with Gasteiger partial charge in [0, 0.05) is 11.5 Å². The van der Waals surface area contributed by atoms with E-state index in [1.807, 2.05) is 43.3 Å². The summed E-state index contributed by atoms with van der Waals surface area (Å²) in [5.74, 6) is 1.90. The second-order valence-corrected chi connectivity index (χ2v) is 7.52. The molecule has 1 atom stereocenters. The molecule has 0 saturated carbocycles. The molecule has 0 radical (unpaired) electrons. The van der Waals surface area contributed by atoms with E-state index in [4.69, 9.17) is 19.6 Å². The molecule has 2 aromatic carbocycles. The van der Waals surface area contributed by atoms with E-state index in [2.05, 4.69) is 4.98 Å². The van der Waals surface area contributed by atoms with Gasteiger partial charge in [0.05, 0.1) is 17.4 Å². The van der Waals surface area contributed by atoms with Crippen molar-refractivity contribution in [3.8, 4) is 11.5 Å². The third-order valence-electron chi connectivity index (χ3n) is 4.36. The highest BCUT2D eigenvalue weighted by atomic mass is 32.1. The van der Waals surface area contributed by atoms with Gasteiger partial charge in [-0.1, -0.05) is 23.5 Å². The molecule has 1 unspecified atom stereocenters. The summed E-state index contributed by atoms with van der Waals surface area (Å²) in [6.07, 6.45) is 1.66. The number of aromatic nitrogens is 1. The highest BCUT2D eigenvalue weighted by Crippen LogP contribution is 2.26. The highest BCUT2D eigenvalue weighted by molar-refractivity contribution is 7.16. The third kappa shape index (κ3) is 4.09. The number of pyridine rings is 1. The van der Waals surface area contributed by atoms with Crippen molar-refractivity contribution in [2.24, 2.45) is 0 Å². The molecule has 0 bridgehead atoms. The van der Waals surface area contributed by atoms with Crippen LogP contribution in [0.4, 0.5) is 5.82 Å². The topological polar surface area (TPSA) is 87.6 Å². The molecular weight excluding hydrogens is 376 g/mol. The van der Waals surface area contributed by atoms with Gasteiger partial charge in [-0.3, -0.25) is 0 Å². The Bertz CT molecular complexity index is 1170. The zero-order valence-electron chi connectivity index (χ0n) is 15.4. The van der Waals surface area contributed by atoms with Gasteiger partial charge in [-0.2, -0.15) is 0 Å². The molecule has 0 saturated heterocycles. The van der Waals surface area contributed by atoms with Gasteiger partial charge < -0.3 is 19.6 Å². The molecule has 0 aliphatic heterocycles. The van der Waals surface area contributed by atoms with Crippen molar-refractivity contribution < 1.29 is 13.9 Å². The first-order valence-corrected chi connectivity index (χ1v) is 9.88. The number of ether oxygens (including phenoxy) is 2. The van der Waals surface area contributed by atoms with Crippen LogP contribution in [0.2, 0.25) is 0 Å². The average Bonchev–Trinajstić information content (AvgIpc) is 3.05. The van der Waals surface area contributed by atoms with E-state index in [1.54, 1.807) is 12.1 Å². The van der Waals surface area contributed by atoms with E-state index in [0.29, 0.717) is 23.8 Å². The smallest absolute Gasteiger partial charge is 0.396 e. The lowest BCUT2D eigenvalue weighted by Gasteiger charge is -2.16. The van der Waals surface area contributed by atoms with Gasteiger partial charge in [0.1, 0.15) is 22.8 Å². The van der Waals surface area contributed by atoms with E-state index in [1.165, 1.54) is 0 Å². The first kappa shape index (κ1) is 18.3. The Morgan fingerprint density at radius 2 is 2.11 bits per heavy atom. The van der Waals surface area contributed by atoms with E-state index in [0.717, 1.165) is 45.5 Å². The Hall–Kier alpha value is -3.06. The fourth-order valence-corrected chi connectivity index (χ4v) is 3.66. The molecule has 7 heteroatoms. The van der Waals surface area contributed by atoms with E-state index in [-0.39, 0.29) is 11.0 Å². The maximum absolute atomic E-state index is 11.3. The van der Waals surface area contributed by atoms with Crippen LogP contribution in [-0.2, 0) is 0 Å². The maximum Gasteiger partial charge on any atom is 0.396 e. The number of hydrogen-bond acceptors (Lipinski definition) is 7. The Balaban J connectivity index is 1.31. The Morgan fingerprint density at radius 1 is 1.21 bits per heavy atom. The van der Waals surface area contributed by atoms with Crippen LogP contribution in [0.3, 0.4) is 0 Å². The fraction of sp³-hybridized carbons (Fsp3) is 0.238. The zero-order chi connectivity index (χ0) is 19.5. The number of hydrogen-bond donors (Lipinski definition) is 1. The number of benzene rings is 2. The second-order valence-electron chi connectivity index (χ2n) is 6.55. The van der Waals surface area contributed by atoms with Crippen molar-refractivity contribution in [2.75, 3.05) is 12.3 Å². The summed E-state index contributed by atoms with van der Waals surface area (Å²) >= 11 is 1.09. The summed E-state index contributed by atoms with van der Waals surface area (Å²) in [7, 11) is 0. The fourth-order valence-electron chi connectivity index (χ4n) is 3.01. The van der Waals surface area contributed by atoms with Crippen LogP contribution in [0.5, 0.6) is 11.5 Å². The summed E-state index contributed by atoms with van der Waals surface area (Å²) in [4.78, 5) is 15.4. The van der Waals surface area contributed by atoms with Crippen molar-refractivity contribution >= 4 is 38.3 Å². The lowest BCUT2D eigenvalue weighted by Crippen LogP contribution is -2.13. The van der Waals surface area contributed by atoms with Gasteiger partial charge in [-0.15, -0.1) is 0 Å². The van der Waals surface area contributed by atoms with Gasteiger partial charge >= 0.3 is 4.94 Å². The Labute approximate surface area is 165 Å². The molecular formula is C21H20N2O4S. The van der Waals surface area contributed by atoms with Gasteiger partial charge in [-0.05, 0) is 50.1 Å². The zero-order valence-corrected chi connectivity index (χ0v) is 16.2. The molecule has 0 aliphatic rings. The predicted molar refractivity (Wildman–Crippen MR) is 111 cm³/mol. The van der Waals surface area contributed by atoms with Gasteiger partial charge in [0.25, 0.3) is 0 Å². The molecule has 2 N–H and O–H groups in total. The lowest BCUT2D eigenvalue weighted by molar-refractivity contribution is 0.195. The predicted octanol–water partition coefficient (Wildman–Crippen LogP) is 4.61. The van der Waals surface area contributed by atoms with Crippen molar-refractivity contribution in [3.05, 3.63) is 58.3 Å². The normalized spacial score (nSPS) is 12.3. The summed E-state index contributed by atoms with van der Waals surface area (Å²) in [5.41, 5.74) is 7.14. The summed E-state index contributed by atoms with van der Waals surface area (Å²) in [6, 6.07) is 15.0. The minimum absolute atomic E-state index is 0.00908. The highest BCUT2D eigenvalue weighted by Gasteiger charge is 2.09. The average molecular weight is 396 g/mol. The van der Waals surface area contributed by atoms with Crippen LogP contribution in [-0.4, -0.2) is 17.7 Å². The number of nitrogens with zero attached hydrogens (tertiary/aromatic N) is 1. The number of nitrogen functional groups attached to an aromatic ring is 1. The van der Waals surface area contributed by atoms with Crippen molar-refractivity contribution in [3.63, 3.8) is 0 Å². The molecule has 4 aromatic rings. The lowest BCUT2D eigenvalue weighted by atomic mass is 10.2. The summed E-state index contributed by atoms with van der Waals surface area (Å²) in [5, 5.41) is 0.998. The summed E-state index contributed by atoms with van der Waals surface area (Å²) in [6.45, 7) is 2.57. The molecule has 2 aromatic heterocycles. The van der Waals surface area contributed by atoms with Crippen molar-refractivity contribution in [2.45, 2.75) is 25.9 Å². The molecule has 2 heterocycles. The van der Waals surface area contributed by atoms with E-state index >= 15 is 0 Å². The van der Waals surface area contributed by atoms with Gasteiger partial charge in [-0.25, -0.2) is 9.78 Å². The van der Waals surface area contributed by atoms with E-state index < -0.39 is 0 Å². The molecule has 144 valence electrons. The molecule has 6 nitrogen and oxygen atoms in total. The molecule has 0 spiro atoms. The van der Waals surface area contributed by atoms with Crippen molar-refractivity contribution in [1.82, 2.24) is 4.98 Å². The first-order chi connectivity index (χ1) is 13.6. The van der Waals surface area contributed by atoms with Gasteiger partial charge in [0.2, 0.25) is 0 Å². The Morgan fingerprint density at radius 3 is 3.00 bits per heavy atom. The second kappa shape index (κ2) is 7.90. The standard InChI is InChI=1S/C21H20N2O4S/c1-13(26-16-6-2-5-14-7-10-19(22)23-20(14)16)4-3-11-25-15-8-9-18-17(12-15)27-21(24)28-18/h2,5-10,12-13H,3-4,11H2,1H3,(H2,22,23). The van der Waals surface area contributed by atoms with Crippen molar-refractivity contribution in [1.29, 1.82) is 0 Å². The van der Waals surface area contributed by atoms with Crippen LogP contribution in [0, 0.1) is 0 Å². The minimum atomic E-state index is -0.303. The number of para-hydroxylation sites is 1. The molecule has 0 fully saturated rings. The van der Waals surface area contributed by atoms with Gasteiger partial charge in [0.15, 0.2) is 5.58 Å². The molecule has 4 rings (SSSR count). The maximum atomic E-state index is 11.3. The monoisotopic (exact) mass is 396 g/mol.